The van der Waals surface area contributed by atoms with Crippen molar-refractivity contribution in [2.75, 3.05) is 19.7 Å². The average Bonchev–Trinajstić information content (AvgIpc) is 2.51. The lowest BCUT2D eigenvalue weighted by Crippen LogP contribution is -2.44. The second-order valence-electron chi connectivity index (χ2n) is 5.33. The molecule has 8 heteroatoms. The van der Waals surface area contributed by atoms with Crippen LogP contribution in [0.25, 0.3) is 0 Å². The summed E-state index contributed by atoms with van der Waals surface area (Å²) in [6.07, 6.45) is 0. The lowest BCUT2D eigenvalue weighted by Gasteiger charge is -2.21. The van der Waals surface area contributed by atoms with Gasteiger partial charge in [0.15, 0.2) is 6.61 Å². The molecule has 0 aliphatic rings. The lowest BCUT2D eigenvalue weighted by atomic mass is 10.2. The van der Waals surface area contributed by atoms with Gasteiger partial charge in [0.1, 0.15) is 0 Å². The average molecular weight is 420 g/mol. The number of halogens is 2. The standard InChI is InChI=1S/C16H20BrClN2O4/c1-4-20(8-14(21)19-10(2)3)15(22)9-24-16(23)12-7-11(17)5-6-13(12)18/h5-7,10H,4,8-9H2,1-3H3,(H,19,21). The van der Waals surface area contributed by atoms with E-state index in [1.165, 1.54) is 11.0 Å². The van der Waals surface area contributed by atoms with Gasteiger partial charge >= 0.3 is 5.97 Å². The summed E-state index contributed by atoms with van der Waals surface area (Å²) in [6, 6.07) is 4.75. The molecular weight excluding hydrogens is 400 g/mol. The van der Waals surface area contributed by atoms with E-state index in [1.54, 1.807) is 19.1 Å². The van der Waals surface area contributed by atoms with Crippen LogP contribution in [0.2, 0.25) is 5.02 Å². The van der Waals surface area contributed by atoms with Crippen LogP contribution in [0.1, 0.15) is 31.1 Å². The van der Waals surface area contributed by atoms with Crippen molar-refractivity contribution in [3.63, 3.8) is 0 Å². The number of esters is 1. The monoisotopic (exact) mass is 418 g/mol. The van der Waals surface area contributed by atoms with Gasteiger partial charge in [0.2, 0.25) is 5.91 Å². The number of hydrogen-bond donors (Lipinski definition) is 1. The predicted molar refractivity (Wildman–Crippen MR) is 95.0 cm³/mol. The van der Waals surface area contributed by atoms with E-state index in [-0.39, 0.29) is 29.1 Å². The molecule has 0 atom stereocenters. The Morgan fingerprint density at radius 2 is 2.00 bits per heavy atom. The van der Waals surface area contributed by atoms with Gasteiger partial charge in [-0.15, -0.1) is 0 Å². The van der Waals surface area contributed by atoms with E-state index < -0.39 is 18.5 Å². The van der Waals surface area contributed by atoms with Crippen molar-refractivity contribution in [2.24, 2.45) is 0 Å². The van der Waals surface area contributed by atoms with E-state index in [0.717, 1.165) is 0 Å². The van der Waals surface area contributed by atoms with Gasteiger partial charge in [-0.1, -0.05) is 27.5 Å². The number of ether oxygens (including phenoxy) is 1. The van der Waals surface area contributed by atoms with Crippen LogP contribution >= 0.6 is 27.5 Å². The Bertz CT molecular complexity index is 622. The summed E-state index contributed by atoms with van der Waals surface area (Å²) in [4.78, 5) is 37.2. The van der Waals surface area contributed by atoms with Crippen LogP contribution in [0.3, 0.4) is 0 Å². The SMILES string of the molecule is CCN(CC(=O)NC(C)C)C(=O)COC(=O)c1cc(Br)ccc1Cl. The van der Waals surface area contributed by atoms with Crippen molar-refractivity contribution in [1.82, 2.24) is 10.2 Å². The fraction of sp³-hybridized carbons (Fsp3) is 0.438. The molecule has 0 unspecified atom stereocenters. The van der Waals surface area contributed by atoms with Crippen molar-refractivity contribution in [3.05, 3.63) is 33.3 Å². The van der Waals surface area contributed by atoms with Gasteiger partial charge in [-0.05, 0) is 39.0 Å². The maximum atomic E-state index is 12.1. The molecule has 1 aromatic rings. The summed E-state index contributed by atoms with van der Waals surface area (Å²) in [5.41, 5.74) is 0.166. The fourth-order valence-corrected chi connectivity index (χ4v) is 2.42. The molecule has 2 amide bonds. The molecular formula is C16H20BrClN2O4. The molecule has 0 radical (unpaired) electrons. The van der Waals surface area contributed by atoms with Crippen LogP contribution in [-0.2, 0) is 14.3 Å². The summed E-state index contributed by atoms with van der Waals surface area (Å²) >= 11 is 9.18. The highest BCUT2D eigenvalue weighted by atomic mass is 79.9. The number of rotatable bonds is 7. The predicted octanol–water partition coefficient (Wildman–Crippen LogP) is 2.63. The number of carbonyl (C=O) groups excluding carboxylic acids is 3. The number of nitrogens with one attached hydrogen (secondary N) is 1. The Kier molecular flexibility index (Phi) is 8.21. The first-order valence-electron chi connectivity index (χ1n) is 7.43. The highest BCUT2D eigenvalue weighted by molar-refractivity contribution is 9.10. The zero-order chi connectivity index (χ0) is 18.3. The van der Waals surface area contributed by atoms with E-state index in [0.29, 0.717) is 11.0 Å². The molecule has 0 aromatic heterocycles. The van der Waals surface area contributed by atoms with Gasteiger partial charge < -0.3 is 15.0 Å². The summed E-state index contributed by atoms with van der Waals surface area (Å²) in [5, 5.41) is 2.94. The maximum Gasteiger partial charge on any atom is 0.340 e. The molecule has 0 fully saturated rings. The van der Waals surface area contributed by atoms with Crippen LogP contribution in [0.15, 0.2) is 22.7 Å². The minimum atomic E-state index is -0.697. The Labute approximate surface area is 154 Å². The fourth-order valence-electron chi connectivity index (χ4n) is 1.87. The van der Waals surface area contributed by atoms with Crippen molar-refractivity contribution in [2.45, 2.75) is 26.8 Å². The van der Waals surface area contributed by atoms with E-state index in [9.17, 15) is 14.4 Å². The van der Waals surface area contributed by atoms with E-state index in [2.05, 4.69) is 21.2 Å². The van der Waals surface area contributed by atoms with Crippen LogP contribution in [0.4, 0.5) is 0 Å². The van der Waals surface area contributed by atoms with Crippen molar-refractivity contribution in [1.29, 1.82) is 0 Å². The van der Waals surface area contributed by atoms with Gasteiger partial charge in [-0.3, -0.25) is 9.59 Å². The zero-order valence-electron chi connectivity index (χ0n) is 13.8. The molecule has 0 heterocycles. The van der Waals surface area contributed by atoms with Gasteiger partial charge in [0, 0.05) is 17.1 Å². The first-order valence-corrected chi connectivity index (χ1v) is 8.61. The van der Waals surface area contributed by atoms with Crippen molar-refractivity contribution in [3.8, 4) is 0 Å². The number of hydrogen-bond acceptors (Lipinski definition) is 4. The Morgan fingerprint density at radius 1 is 1.33 bits per heavy atom. The third kappa shape index (κ3) is 6.49. The van der Waals surface area contributed by atoms with Gasteiger partial charge in [-0.25, -0.2) is 4.79 Å². The third-order valence-corrected chi connectivity index (χ3v) is 3.82. The second kappa shape index (κ2) is 9.64. The molecule has 1 rings (SSSR count). The van der Waals surface area contributed by atoms with Crippen LogP contribution in [0, 0.1) is 0 Å². The van der Waals surface area contributed by atoms with Crippen molar-refractivity contribution < 1.29 is 19.1 Å². The Balaban J connectivity index is 2.61. The van der Waals surface area contributed by atoms with E-state index >= 15 is 0 Å². The molecule has 0 saturated heterocycles. The molecule has 24 heavy (non-hydrogen) atoms. The summed E-state index contributed by atoms with van der Waals surface area (Å²) in [7, 11) is 0. The molecule has 0 aliphatic carbocycles. The third-order valence-electron chi connectivity index (χ3n) is 2.99. The van der Waals surface area contributed by atoms with Crippen LogP contribution in [0.5, 0.6) is 0 Å². The molecule has 0 saturated carbocycles. The van der Waals surface area contributed by atoms with Gasteiger partial charge in [0.25, 0.3) is 5.91 Å². The van der Waals surface area contributed by atoms with Gasteiger partial charge in [-0.2, -0.15) is 0 Å². The zero-order valence-corrected chi connectivity index (χ0v) is 16.1. The highest BCUT2D eigenvalue weighted by Gasteiger charge is 2.19. The van der Waals surface area contributed by atoms with Gasteiger partial charge in [0.05, 0.1) is 17.1 Å². The quantitative estimate of drug-likeness (QED) is 0.689. The van der Waals surface area contributed by atoms with Crippen LogP contribution < -0.4 is 5.32 Å². The number of carbonyl (C=O) groups is 3. The Morgan fingerprint density at radius 3 is 2.58 bits per heavy atom. The van der Waals surface area contributed by atoms with Crippen LogP contribution in [-0.4, -0.2) is 48.4 Å². The smallest absolute Gasteiger partial charge is 0.340 e. The Hall–Kier alpha value is -1.60. The minimum absolute atomic E-state index is 0.0113. The topological polar surface area (TPSA) is 75.7 Å². The first kappa shape index (κ1) is 20.4. The molecule has 0 aliphatic heterocycles. The minimum Gasteiger partial charge on any atom is -0.452 e. The van der Waals surface area contributed by atoms with E-state index in [1.807, 2.05) is 13.8 Å². The molecule has 0 bridgehead atoms. The van der Waals surface area contributed by atoms with Crippen molar-refractivity contribution >= 4 is 45.3 Å². The second-order valence-corrected chi connectivity index (χ2v) is 6.65. The number of nitrogens with zero attached hydrogens (tertiary/aromatic N) is 1. The number of likely N-dealkylation sites (N-methyl/N-ethyl adjacent to an activating group) is 1. The summed E-state index contributed by atoms with van der Waals surface area (Å²) < 4.78 is 5.68. The normalized spacial score (nSPS) is 10.4. The number of amides is 2. The molecule has 132 valence electrons. The summed E-state index contributed by atoms with van der Waals surface area (Å²) in [5.74, 6) is -1.41. The van der Waals surface area contributed by atoms with E-state index in [4.69, 9.17) is 16.3 Å². The largest absolute Gasteiger partial charge is 0.452 e. The number of benzene rings is 1. The molecule has 6 nitrogen and oxygen atoms in total. The first-order chi connectivity index (χ1) is 11.2. The summed E-state index contributed by atoms with van der Waals surface area (Å²) in [6.45, 7) is 5.21. The lowest BCUT2D eigenvalue weighted by molar-refractivity contribution is -0.138. The molecule has 1 N–H and O–H groups in total. The molecule has 0 spiro atoms. The molecule has 1 aromatic carbocycles. The highest BCUT2D eigenvalue weighted by Crippen LogP contribution is 2.21. The maximum absolute atomic E-state index is 12.1.